The number of hydrogen-bond acceptors (Lipinski definition) is 5. The average molecular weight is 250 g/mol. The first kappa shape index (κ1) is 12.9. The molecule has 18 heavy (non-hydrogen) atoms. The van der Waals surface area contributed by atoms with Gasteiger partial charge in [-0.05, 0) is 18.6 Å². The van der Waals surface area contributed by atoms with Crippen LogP contribution < -0.4 is 11.3 Å². The molecule has 1 aromatic rings. The fraction of sp³-hybridized carbons (Fsp3) is 0.500. The molecule has 1 aromatic heterocycles. The van der Waals surface area contributed by atoms with Gasteiger partial charge < -0.3 is 4.74 Å². The highest BCUT2D eigenvalue weighted by Gasteiger charge is 2.22. The Morgan fingerprint density at radius 3 is 3.17 bits per heavy atom. The molecule has 6 heteroatoms. The van der Waals surface area contributed by atoms with Gasteiger partial charge in [0.05, 0.1) is 11.8 Å². The number of nitrogens with two attached hydrogens (primary N) is 1. The average Bonchev–Trinajstić information content (AvgIpc) is 2.86. The predicted octanol–water partition coefficient (Wildman–Crippen LogP) is -0.0942. The highest BCUT2D eigenvalue weighted by atomic mass is 16.5. The first-order chi connectivity index (χ1) is 8.72. The van der Waals surface area contributed by atoms with Crippen molar-refractivity contribution in [2.24, 2.45) is 5.84 Å². The highest BCUT2D eigenvalue weighted by molar-refractivity contribution is 5.91. The van der Waals surface area contributed by atoms with Crippen LogP contribution in [-0.2, 0) is 11.3 Å². The molecule has 1 unspecified atom stereocenters. The normalized spacial score (nSPS) is 20.0. The highest BCUT2D eigenvalue weighted by Crippen LogP contribution is 2.14. The van der Waals surface area contributed by atoms with E-state index in [1.807, 2.05) is 12.1 Å². The van der Waals surface area contributed by atoms with E-state index >= 15 is 0 Å². The van der Waals surface area contributed by atoms with E-state index in [0.717, 1.165) is 31.7 Å². The van der Waals surface area contributed by atoms with Crippen molar-refractivity contribution in [3.05, 3.63) is 29.6 Å². The number of rotatable bonds is 4. The molecule has 3 N–H and O–H groups in total. The van der Waals surface area contributed by atoms with Gasteiger partial charge in [-0.25, -0.2) is 10.8 Å². The summed E-state index contributed by atoms with van der Waals surface area (Å²) in [6.45, 7) is 2.63. The number of pyridine rings is 1. The van der Waals surface area contributed by atoms with Crippen LogP contribution in [0.25, 0.3) is 0 Å². The summed E-state index contributed by atoms with van der Waals surface area (Å²) in [5, 5.41) is 0. The molecule has 6 nitrogen and oxygen atoms in total. The molecule has 2 rings (SSSR count). The smallest absolute Gasteiger partial charge is 0.283 e. The molecule has 1 aliphatic rings. The number of nitrogens with one attached hydrogen (secondary N) is 1. The molecule has 2 heterocycles. The maximum absolute atomic E-state index is 11.4. The minimum absolute atomic E-state index is 0.306. The third kappa shape index (κ3) is 3.04. The van der Waals surface area contributed by atoms with Crippen molar-refractivity contribution >= 4 is 5.91 Å². The van der Waals surface area contributed by atoms with Crippen molar-refractivity contribution in [1.82, 2.24) is 15.3 Å². The van der Waals surface area contributed by atoms with Gasteiger partial charge in [0.2, 0.25) is 0 Å². The van der Waals surface area contributed by atoms with Crippen molar-refractivity contribution in [2.75, 3.05) is 20.2 Å². The van der Waals surface area contributed by atoms with Crippen LogP contribution in [0.3, 0.4) is 0 Å². The zero-order valence-electron chi connectivity index (χ0n) is 10.4. The summed E-state index contributed by atoms with van der Waals surface area (Å²) in [7, 11) is 1.73. The van der Waals surface area contributed by atoms with E-state index in [-0.39, 0.29) is 5.91 Å². The fourth-order valence-electron chi connectivity index (χ4n) is 2.13. The summed E-state index contributed by atoms with van der Waals surface area (Å²) < 4.78 is 5.32. The number of methoxy groups -OCH3 is 1. The van der Waals surface area contributed by atoms with Crippen LogP contribution in [0.2, 0.25) is 0 Å². The van der Waals surface area contributed by atoms with Crippen LogP contribution in [0.1, 0.15) is 22.6 Å². The van der Waals surface area contributed by atoms with Gasteiger partial charge >= 0.3 is 0 Å². The molecule has 0 radical (unpaired) electrons. The number of nitrogens with zero attached hydrogens (tertiary/aromatic N) is 2. The lowest BCUT2D eigenvalue weighted by atomic mass is 10.3. The second kappa shape index (κ2) is 5.90. The summed E-state index contributed by atoms with van der Waals surface area (Å²) in [4.78, 5) is 17.9. The molecule has 0 saturated carbocycles. The maximum atomic E-state index is 11.4. The van der Waals surface area contributed by atoms with Crippen molar-refractivity contribution < 1.29 is 9.53 Å². The third-order valence-electron chi connectivity index (χ3n) is 3.12. The Morgan fingerprint density at radius 1 is 1.67 bits per heavy atom. The minimum atomic E-state index is -0.368. The van der Waals surface area contributed by atoms with Gasteiger partial charge in [-0.15, -0.1) is 0 Å². The summed E-state index contributed by atoms with van der Waals surface area (Å²) >= 11 is 0. The SMILES string of the molecule is COC1CCN(Cc2cccc(C(=O)NN)n2)C1. The lowest BCUT2D eigenvalue weighted by molar-refractivity contribution is 0.0947. The topological polar surface area (TPSA) is 80.5 Å². The third-order valence-corrected chi connectivity index (χ3v) is 3.12. The molecular formula is C12H18N4O2. The molecule has 98 valence electrons. The van der Waals surface area contributed by atoms with Gasteiger partial charge in [0.1, 0.15) is 5.69 Å². The number of ether oxygens (including phenoxy) is 1. The van der Waals surface area contributed by atoms with E-state index in [0.29, 0.717) is 11.8 Å². The largest absolute Gasteiger partial charge is 0.380 e. The predicted molar refractivity (Wildman–Crippen MR) is 66.6 cm³/mol. The summed E-state index contributed by atoms with van der Waals surface area (Å²) in [5.41, 5.74) is 3.30. The summed E-state index contributed by atoms with van der Waals surface area (Å²) in [5.74, 6) is 4.72. The number of aromatic nitrogens is 1. The minimum Gasteiger partial charge on any atom is -0.380 e. The molecule has 0 bridgehead atoms. The standard InChI is InChI=1S/C12H18N4O2/c1-18-10-5-6-16(8-10)7-9-3-2-4-11(14-9)12(17)15-13/h2-4,10H,5-8,13H2,1H3,(H,15,17). The van der Waals surface area contributed by atoms with Crippen LogP contribution in [0.4, 0.5) is 0 Å². The van der Waals surface area contributed by atoms with Gasteiger partial charge in [-0.3, -0.25) is 15.1 Å². The Labute approximate surface area is 106 Å². The molecule has 1 fully saturated rings. The molecule has 1 saturated heterocycles. The fourth-order valence-corrected chi connectivity index (χ4v) is 2.13. The molecule has 1 atom stereocenters. The Morgan fingerprint density at radius 2 is 2.50 bits per heavy atom. The van der Waals surface area contributed by atoms with Gasteiger partial charge in [0.15, 0.2) is 0 Å². The Hall–Kier alpha value is -1.50. The second-order valence-corrected chi connectivity index (χ2v) is 4.37. The van der Waals surface area contributed by atoms with E-state index in [9.17, 15) is 4.79 Å². The van der Waals surface area contributed by atoms with E-state index < -0.39 is 0 Å². The number of amides is 1. The van der Waals surface area contributed by atoms with Gasteiger partial charge in [0, 0.05) is 26.7 Å². The molecule has 0 spiro atoms. The zero-order chi connectivity index (χ0) is 13.0. The van der Waals surface area contributed by atoms with Crippen molar-refractivity contribution in [3.63, 3.8) is 0 Å². The maximum Gasteiger partial charge on any atom is 0.283 e. The summed E-state index contributed by atoms with van der Waals surface area (Å²) in [6.07, 6.45) is 1.35. The van der Waals surface area contributed by atoms with Crippen molar-refractivity contribution in [1.29, 1.82) is 0 Å². The van der Waals surface area contributed by atoms with Crippen LogP contribution >= 0.6 is 0 Å². The quantitative estimate of drug-likeness (QED) is 0.443. The monoisotopic (exact) mass is 250 g/mol. The van der Waals surface area contributed by atoms with Gasteiger partial charge in [0.25, 0.3) is 5.91 Å². The van der Waals surface area contributed by atoms with Crippen molar-refractivity contribution in [3.8, 4) is 0 Å². The zero-order valence-corrected chi connectivity index (χ0v) is 10.4. The Balaban J connectivity index is 1.99. The van der Waals surface area contributed by atoms with Crippen LogP contribution in [0.5, 0.6) is 0 Å². The number of nitrogen functional groups attached to an aromatic ring is 1. The lowest BCUT2D eigenvalue weighted by Gasteiger charge is -2.15. The second-order valence-electron chi connectivity index (χ2n) is 4.37. The van der Waals surface area contributed by atoms with Gasteiger partial charge in [-0.1, -0.05) is 6.07 Å². The Kier molecular flexibility index (Phi) is 4.24. The van der Waals surface area contributed by atoms with E-state index in [1.165, 1.54) is 0 Å². The number of likely N-dealkylation sites (tertiary alicyclic amines) is 1. The van der Waals surface area contributed by atoms with Gasteiger partial charge in [-0.2, -0.15) is 0 Å². The number of carbonyl (C=O) groups excluding carboxylic acids is 1. The van der Waals surface area contributed by atoms with Crippen LogP contribution in [0, 0.1) is 0 Å². The van der Waals surface area contributed by atoms with Crippen molar-refractivity contribution in [2.45, 2.75) is 19.1 Å². The molecule has 1 amide bonds. The summed E-state index contributed by atoms with van der Waals surface area (Å²) in [6, 6.07) is 5.37. The van der Waals surface area contributed by atoms with E-state index in [2.05, 4.69) is 15.3 Å². The number of carbonyl (C=O) groups is 1. The molecule has 0 aromatic carbocycles. The van der Waals surface area contributed by atoms with Crippen LogP contribution in [0.15, 0.2) is 18.2 Å². The molecular weight excluding hydrogens is 232 g/mol. The first-order valence-electron chi connectivity index (χ1n) is 5.95. The molecule has 0 aliphatic carbocycles. The van der Waals surface area contributed by atoms with Crippen LogP contribution in [-0.4, -0.2) is 42.1 Å². The number of hydrogen-bond donors (Lipinski definition) is 2. The lowest BCUT2D eigenvalue weighted by Crippen LogP contribution is -2.31. The van der Waals surface area contributed by atoms with E-state index in [1.54, 1.807) is 13.2 Å². The number of hydrazine groups is 1. The molecule has 1 aliphatic heterocycles. The Bertz CT molecular complexity index is 424. The first-order valence-corrected chi connectivity index (χ1v) is 5.95. The van der Waals surface area contributed by atoms with E-state index in [4.69, 9.17) is 10.6 Å².